The standard InChI is InChI=1S/C26H30F2N2O2/c1-19(2)30(16-22-15-23(27)10-12-25(22)28)18-26(31)29(17-24-11-9-20(3)32-24)14-13-21-7-5-4-6-8-21/h4-12,15,19H,13-14,16-18H2,1-3H3. The maximum atomic E-state index is 14.2. The zero-order valence-electron chi connectivity index (χ0n) is 18.9. The summed E-state index contributed by atoms with van der Waals surface area (Å²) in [6.45, 7) is 6.89. The van der Waals surface area contributed by atoms with Gasteiger partial charge in [-0.05, 0) is 63.1 Å². The summed E-state index contributed by atoms with van der Waals surface area (Å²) in [6.07, 6.45) is 0.715. The van der Waals surface area contributed by atoms with Crippen LogP contribution in [0.4, 0.5) is 8.78 Å². The van der Waals surface area contributed by atoms with Crippen molar-refractivity contribution in [2.45, 2.75) is 46.3 Å². The molecule has 3 rings (SSSR count). The molecule has 0 saturated heterocycles. The molecule has 0 bridgehead atoms. The second-order valence-corrected chi connectivity index (χ2v) is 8.30. The number of carbonyl (C=O) groups is 1. The van der Waals surface area contributed by atoms with Crippen LogP contribution >= 0.6 is 0 Å². The summed E-state index contributed by atoms with van der Waals surface area (Å²) < 4.78 is 33.5. The van der Waals surface area contributed by atoms with Gasteiger partial charge in [0.05, 0.1) is 13.1 Å². The van der Waals surface area contributed by atoms with Gasteiger partial charge < -0.3 is 9.32 Å². The number of aryl methyl sites for hydroxylation is 1. The van der Waals surface area contributed by atoms with E-state index >= 15 is 0 Å². The van der Waals surface area contributed by atoms with Crippen molar-refractivity contribution in [3.8, 4) is 0 Å². The summed E-state index contributed by atoms with van der Waals surface area (Å²) in [4.78, 5) is 16.9. The fraction of sp³-hybridized carbons (Fsp3) is 0.346. The minimum atomic E-state index is -0.492. The number of amides is 1. The Morgan fingerprint density at radius 3 is 2.41 bits per heavy atom. The molecular weight excluding hydrogens is 410 g/mol. The van der Waals surface area contributed by atoms with Crippen molar-refractivity contribution in [1.29, 1.82) is 0 Å². The average molecular weight is 441 g/mol. The van der Waals surface area contributed by atoms with Crippen LogP contribution in [0.1, 0.15) is 36.5 Å². The SMILES string of the molecule is Cc1ccc(CN(CCc2ccccc2)C(=O)CN(Cc2cc(F)ccc2F)C(C)C)o1. The van der Waals surface area contributed by atoms with Crippen molar-refractivity contribution in [3.05, 3.63) is 94.9 Å². The highest BCUT2D eigenvalue weighted by molar-refractivity contribution is 5.78. The molecule has 170 valence electrons. The molecule has 0 atom stereocenters. The minimum Gasteiger partial charge on any atom is -0.464 e. The highest BCUT2D eigenvalue weighted by atomic mass is 19.1. The number of hydrogen-bond acceptors (Lipinski definition) is 3. The quantitative estimate of drug-likeness (QED) is 0.427. The maximum Gasteiger partial charge on any atom is 0.237 e. The number of furan rings is 1. The molecule has 0 aliphatic carbocycles. The molecule has 0 spiro atoms. The number of hydrogen-bond donors (Lipinski definition) is 0. The van der Waals surface area contributed by atoms with Gasteiger partial charge in [0.15, 0.2) is 0 Å². The van der Waals surface area contributed by atoms with Gasteiger partial charge in [0.1, 0.15) is 23.2 Å². The summed E-state index contributed by atoms with van der Waals surface area (Å²) in [6, 6.07) is 17.1. The van der Waals surface area contributed by atoms with Gasteiger partial charge in [0, 0.05) is 24.7 Å². The van der Waals surface area contributed by atoms with Gasteiger partial charge >= 0.3 is 0 Å². The molecule has 6 heteroatoms. The Labute approximate surface area is 188 Å². The van der Waals surface area contributed by atoms with Crippen molar-refractivity contribution < 1.29 is 18.0 Å². The van der Waals surface area contributed by atoms with Gasteiger partial charge in [-0.25, -0.2) is 8.78 Å². The molecule has 1 aromatic heterocycles. The van der Waals surface area contributed by atoms with Crippen molar-refractivity contribution in [3.63, 3.8) is 0 Å². The summed E-state index contributed by atoms with van der Waals surface area (Å²) in [5.74, 6) is 0.461. The molecule has 1 heterocycles. The molecule has 32 heavy (non-hydrogen) atoms. The van der Waals surface area contributed by atoms with Crippen LogP contribution in [0.15, 0.2) is 65.1 Å². The minimum absolute atomic E-state index is 0.0246. The lowest BCUT2D eigenvalue weighted by atomic mass is 10.1. The third-order valence-corrected chi connectivity index (χ3v) is 5.46. The predicted octanol–water partition coefficient (Wildman–Crippen LogP) is 5.35. The second kappa shape index (κ2) is 11.0. The highest BCUT2D eigenvalue weighted by Gasteiger charge is 2.22. The smallest absolute Gasteiger partial charge is 0.237 e. The van der Waals surface area contributed by atoms with Crippen LogP contribution in [-0.2, 0) is 24.3 Å². The first-order valence-electron chi connectivity index (χ1n) is 10.9. The van der Waals surface area contributed by atoms with Crippen LogP contribution in [0.3, 0.4) is 0 Å². The summed E-state index contributed by atoms with van der Waals surface area (Å²) in [5, 5.41) is 0. The van der Waals surface area contributed by atoms with Gasteiger partial charge in [0.25, 0.3) is 0 Å². The second-order valence-electron chi connectivity index (χ2n) is 8.30. The molecule has 0 radical (unpaired) electrons. The highest BCUT2D eigenvalue weighted by Crippen LogP contribution is 2.16. The van der Waals surface area contributed by atoms with E-state index in [-0.39, 0.29) is 30.6 Å². The van der Waals surface area contributed by atoms with Gasteiger partial charge in [-0.2, -0.15) is 0 Å². The van der Waals surface area contributed by atoms with Crippen molar-refractivity contribution >= 4 is 5.91 Å². The maximum absolute atomic E-state index is 14.2. The first-order valence-corrected chi connectivity index (χ1v) is 10.9. The first kappa shape index (κ1) is 23.7. The lowest BCUT2D eigenvalue weighted by molar-refractivity contribution is -0.134. The molecule has 0 aliphatic rings. The Hall–Kier alpha value is -2.99. The Bertz CT molecular complexity index is 1020. The molecule has 2 aromatic carbocycles. The fourth-order valence-corrected chi connectivity index (χ4v) is 3.54. The number of rotatable bonds is 10. The van der Waals surface area contributed by atoms with Crippen LogP contribution in [-0.4, -0.2) is 34.8 Å². The molecule has 0 unspecified atom stereocenters. The Morgan fingerprint density at radius 2 is 1.75 bits per heavy atom. The number of benzene rings is 2. The summed E-state index contributed by atoms with van der Waals surface area (Å²) in [5.41, 5.74) is 1.38. The number of carbonyl (C=O) groups excluding carboxylic acids is 1. The van der Waals surface area contributed by atoms with Crippen molar-refractivity contribution in [1.82, 2.24) is 9.80 Å². The van der Waals surface area contributed by atoms with E-state index in [2.05, 4.69) is 0 Å². The van der Waals surface area contributed by atoms with Gasteiger partial charge in [-0.15, -0.1) is 0 Å². The average Bonchev–Trinajstić information content (AvgIpc) is 3.18. The molecule has 0 saturated carbocycles. The molecule has 4 nitrogen and oxygen atoms in total. The summed E-state index contributed by atoms with van der Waals surface area (Å²) in [7, 11) is 0. The Morgan fingerprint density at radius 1 is 1.00 bits per heavy atom. The lowest BCUT2D eigenvalue weighted by Crippen LogP contribution is -2.43. The van der Waals surface area contributed by atoms with E-state index in [4.69, 9.17) is 4.42 Å². The van der Waals surface area contributed by atoms with E-state index < -0.39 is 11.6 Å². The molecular formula is C26H30F2N2O2. The fourth-order valence-electron chi connectivity index (χ4n) is 3.54. The molecule has 1 amide bonds. The van der Waals surface area contributed by atoms with Crippen LogP contribution in [0.25, 0.3) is 0 Å². The number of halogens is 2. The third kappa shape index (κ3) is 6.76. The van der Waals surface area contributed by atoms with E-state index in [0.29, 0.717) is 19.5 Å². The van der Waals surface area contributed by atoms with Gasteiger partial charge in [0.2, 0.25) is 5.91 Å². The van der Waals surface area contributed by atoms with Gasteiger partial charge in [-0.3, -0.25) is 9.69 Å². The van der Waals surface area contributed by atoms with Crippen LogP contribution in [0.5, 0.6) is 0 Å². The zero-order valence-corrected chi connectivity index (χ0v) is 18.9. The first-order chi connectivity index (χ1) is 15.3. The monoisotopic (exact) mass is 440 g/mol. The normalized spacial score (nSPS) is 11.3. The Kier molecular flexibility index (Phi) is 8.17. The topological polar surface area (TPSA) is 36.7 Å². The van der Waals surface area contributed by atoms with Crippen molar-refractivity contribution in [2.75, 3.05) is 13.1 Å². The van der Waals surface area contributed by atoms with Crippen LogP contribution < -0.4 is 0 Å². The molecule has 0 aliphatic heterocycles. The third-order valence-electron chi connectivity index (χ3n) is 5.46. The number of nitrogens with zero attached hydrogens (tertiary/aromatic N) is 2. The van der Waals surface area contributed by atoms with Crippen molar-refractivity contribution in [2.24, 2.45) is 0 Å². The lowest BCUT2D eigenvalue weighted by Gasteiger charge is -2.30. The summed E-state index contributed by atoms with van der Waals surface area (Å²) >= 11 is 0. The van der Waals surface area contributed by atoms with E-state index in [1.54, 1.807) is 4.90 Å². The van der Waals surface area contributed by atoms with E-state index in [1.165, 1.54) is 6.07 Å². The molecule has 0 fully saturated rings. The van der Waals surface area contributed by atoms with Crippen LogP contribution in [0, 0.1) is 18.6 Å². The predicted molar refractivity (Wildman–Crippen MR) is 121 cm³/mol. The molecule has 0 N–H and O–H groups in total. The largest absolute Gasteiger partial charge is 0.464 e. The van der Waals surface area contributed by atoms with E-state index in [0.717, 1.165) is 29.2 Å². The Balaban J connectivity index is 1.73. The molecule has 3 aromatic rings. The van der Waals surface area contributed by atoms with E-state index in [9.17, 15) is 13.6 Å². The van der Waals surface area contributed by atoms with E-state index in [1.807, 2.05) is 68.1 Å². The van der Waals surface area contributed by atoms with Crippen LogP contribution in [0.2, 0.25) is 0 Å². The zero-order chi connectivity index (χ0) is 23.1. The van der Waals surface area contributed by atoms with Gasteiger partial charge in [-0.1, -0.05) is 30.3 Å².